The standard InChI is InChI=1S/C19H18N2O3/c22-18(8-7-15-4-3-13-23-15)21-11-9-14(10-12-21)19-20-16-5-1-2-6-17(16)24-19/h1-8,13-14H,9-12H2/b8-7+. The van der Waals surface area contributed by atoms with Crippen LogP contribution < -0.4 is 0 Å². The number of nitrogens with zero attached hydrogens (tertiary/aromatic N) is 2. The van der Waals surface area contributed by atoms with E-state index in [2.05, 4.69) is 4.98 Å². The minimum absolute atomic E-state index is 0.0161. The molecule has 1 fully saturated rings. The Hall–Kier alpha value is -2.82. The van der Waals surface area contributed by atoms with Crippen LogP contribution >= 0.6 is 0 Å². The second kappa shape index (κ2) is 6.35. The lowest BCUT2D eigenvalue weighted by atomic mass is 9.97. The van der Waals surface area contributed by atoms with E-state index < -0.39 is 0 Å². The monoisotopic (exact) mass is 322 g/mol. The summed E-state index contributed by atoms with van der Waals surface area (Å²) in [5.74, 6) is 1.76. The molecule has 3 heterocycles. The van der Waals surface area contributed by atoms with Crippen LogP contribution in [0.3, 0.4) is 0 Å². The number of hydrogen-bond acceptors (Lipinski definition) is 4. The summed E-state index contributed by atoms with van der Waals surface area (Å²) < 4.78 is 11.1. The van der Waals surface area contributed by atoms with Gasteiger partial charge in [0.05, 0.1) is 6.26 Å². The Kier molecular flexibility index (Phi) is 3.91. The lowest BCUT2D eigenvalue weighted by molar-refractivity contribution is -0.127. The Balaban J connectivity index is 1.38. The summed E-state index contributed by atoms with van der Waals surface area (Å²) in [7, 11) is 0. The molecule has 2 aromatic heterocycles. The van der Waals surface area contributed by atoms with Crippen molar-refractivity contribution >= 4 is 23.1 Å². The first-order valence-electron chi connectivity index (χ1n) is 8.15. The van der Waals surface area contributed by atoms with Crippen molar-refractivity contribution in [3.05, 3.63) is 60.4 Å². The highest BCUT2D eigenvalue weighted by molar-refractivity contribution is 5.91. The quantitative estimate of drug-likeness (QED) is 0.687. The number of aromatic nitrogens is 1. The molecule has 0 radical (unpaired) electrons. The van der Waals surface area contributed by atoms with Crippen LogP contribution in [-0.4, -0.2) is 28.9 Å². The van der Waals surface area contributed by atoms with E-state index in [0.29, 0.717) is 18.8 Å². The van der Waals surface area contributed by atoms with Crippen LogP contribution in [0.4, 0.5) is 0 Å². The van der Waals surface area contributed by atoms with E-state index in [9.17, 15) is 4.79 Å². The molecule has 0 spiro atoms. The van der Waals surface area contributed by atoms with Crippen LogP contribution in [0.2, 0.25) is 0 Å². The molecule has 0 bridgehead atoms. The van der Waals surface area contributed by atoms with E-state index in [1.807, 2.05) is 35.2 Å². The molecule has 1 amide bonds. The molecule has 1 aliphatic rings. The summed E-state index contributed by atoms with van der Waals surface area (Å²) in [6.07, 6.45) is 6.60. The number of hydrogen-bond donors (Lipinski definition) is 0. The molecule has 122 valence electrons. The Bertz CT molecular complexity index is 823. The summed E-state index contributed by atoms with van der Waals surface area (Å²) in [6, 6.07) is 11.4. The fourth-order valence-corrected chi connectivity index (χ4v) is 3.06. The minimum atomic E-state index is 0.0161. The van der Waals surface area contributed by atoms with Gasteiger partial charge in [0.2, 0.25) is 5.91 Å². The van der Waals surface area contributed by atoms with E-state index in [0.717, 1.165) is 29.8 Å². The third-order valence-electron chi connectivity index (χ3n) is 4.40. The third-order valence-corrected chi connectivity index (χ3v) is 4.40. The van der Waals surface area contributed by atoms with E-state index in [4.69, 9.17) is 8.83 Å². The number of benzene rings is 1. The zero-order valence-electron chi connectivity index (χ0n) is 13.2. The number of amides is 1. The largest absolute Gasteiger partial charge is 0.465 e. The number of fused-ring (bicyclic) bond motifs is 1. The molecular weight excluding hydrogens is 304 g/mol. The predicted molar refractivity (Wildman–Crippen MR) is 90.3 cm³/mol. The van der Waals surface area contributed by atoms with Gasteiger partial charge in [0.1, 0.15) is 11.3 Å². The maximum absolute atomic E-state index is 12.2. The Morgan fingerprint density at radius 1 is 1.17 bits per heavy atom. The van der Waals surface area contributed by atoms with Crippen molar-refractivity contribution in [1.29, 1.82) is 0 Å². The van der Waals surface area contributed by atoms with Gasteiger partial charge in [-0.3, -0.25) is 4.79 Å². The first-order chi connectivity index (χ1) is 11.8. The van der Waals surface area contributed by atoms with E-state index >= 15 is 0 Å². The van der Waals surface area contributed by atoms with Gasteiger partial charge in [0, 0.05) is 25.1 Å². The highest BCUT2D eigenvalue weighted by Crippen LogP contribution is 2.29. The van der Waals surface area contributed by atoms with Gasteiger partial charge in [-0.05, 0) is 43.2 Å². The number of para-hydroxylation sites is 2. The lowest BCUT2D eigenvalue weighted by Gasteiger charge is -2.29. The van der Waals surface area contributed by atoms with Crippen LogP contribution in [0.5, 0.6) is 0 Å². The van der Waals surface area contributed by atoms with Gasteiger partial charge in [-0.1, -0.05) is 12.1 Å². The van der Waals surface area contributed by atoms with Crippen molar-refractivity contribution in [2.45, 2.75) is 18.8 Å². The molecule has 1 aliphatic heterocycles. The summed E-state index contributed by atoms with van der Waals surface area (Å²) in [4.78, 5) is 18.7. The highest BCUT2D eigenvalue weighted by Gasteiger charge is 2.26. The van der Waals surface area contributed by atoms with E-state index in [-0.39, 0.29) is 11.8 Å². The molecule has 5 heteroatoms. The molecule has 0 N–H and O–H groups in total. The maximum atomic E-state index is 12.2. The lowest BCUT2D eigenvalue weighted by Crippen LogP contribution is -2.36. The second-order valence-corrected chi connectivity index (χ2v) is 5.97. The zero-order chi connectivity index (χ0) is 16.4. The van der Waals surface area contributed by atoms with Gasteiger partial charge in [-0.2, -0.15) is 0 Å². The predicted octanol–water partition coefficient (Wildman–Crippen LogP) is 3.84. The van der Waals surface area contributed by atoms with Gasteiger partial charge in [0.25, 0.3) is 0 Å². The van der Waals surface area contributed by atoms with Crippen molar-refractivity contribution in [2.75, 3.05) is 13.1 Å². The number of furan rings is 1. The SMILES string of the molecule is O=C(/C=C/c1ccco1)N1CCC(c2nc3ccccc3o2)CC1. The first kappa shape index (κ1) is 14.8. The van der Waals surface area contributed by atoms with Crippen molar-refractivity contribution in [3.63, 3.8) is 0 Å². The summed E-state index contributed by atoms with van der Waals surface area (Å²) in [5, 5.41) is 0. The summed E-state index contributed by atoms with van der Waals surface area (Å²) >= 11 is 0. The average molecular weight is 322 g/mol. The van der Waals surface area contributed by atoms with Crippen LogP contribution in [0.15, 0.2) is 57.6 Å². The molecule has 0 unspecified atom stereocenters. The van der Waals surface area contributed by atoms with Crippen molar-refractivity contribution < 1.29 is 13.6 Å². The number of carbonyl (C=O) groups is 1. The fourth-order valence-electron chi connectivity index (χ4n) is 3.06. The molecule has 4 rings (SSSR count). The van der Waals surface area contributed by atoms with Crippen molar-refractivity contribution in [3.8, 4) is 0 Å². The summed E-state index contributed by atoms with van der Waals surface area (Å²) in [6.45, 7) is 1.43. The van der Waals surface area contributed by atoms with Crippen LogP contribution in [-0.2, 0) is 4.79 Å². The first-order valence-corrected chi connectivity index (χ1v) is 8.15. The topological polar surface area (TPSA) is 59.5 Å². The molecule has 24 heavy (non-hydrogen) atoms. The maximum Gasteiger partial charge on any atom is 0.246 e. The molecule has 5 nitrogen and oxygen atoms in total. The molecule has 0 aliphatic carbocycles. The smallest absolute Gasteiger partial charge is 0.246 e. The van der Waals surface area contributed by atoms with Gasteiger partial charge in [-0.15, -0.1) is 0 Å². The average Bonchev–Trinajstić information content (AvgIpc) is 3.29. The number of oxazole rings is 1. The number of carbonyl (C=O) groups excluding carboxylic acids is 1. The summed E-state index contributed by atoms with van der Waals surface area (Å²) in [5.41, 5.74) is 1.72. The van der Waals surface area contributed by atoms with Crippen molar-refractivity contribution in [1.82, 2.24) is 9.88 Å². The van der Waals surface area contributed by atoms with E-state index in [1.54, 1.807) is 24.5 Å². The Morgan fingerprint density at radius 2 is 2.00 bits per heavy atom. The Labute approximate surface area is 139 Å². The van der Waals surface area contributed by atoms with Crippen LogP contribution in [0, 0.1) is 0 Å². The van der Waals surface area contributed by atoms with Gasteiger partial charge in [0.15, 0.2) is 11.5 Å². The number of rotatable bonds is 3. The normalized spacial score (nSPS) is 16.2. The van der Waals surface area contributed by atoms with Crippen LogP contribution in [0.25, 0.3) is 17.2 Å². The third kappa shape index (κ3) is 2.97. The molecular formula is C19H18N2O3. The molecule has 1 aromatic carbocycles. The van der Waals surface area contributed by atoms with Gasteiger partial charge in [-0.25, -0.2) is 4.98 Å². The molecule has 1 saturated heterocycles. The molecule has 3 aromatic rings. The minimum Gasteiger partial charge on any atom is -0.465 e. The van der Waals surface area contributed by atoms with Crippen LogP contribution in [0.1, 0.15) is 30.4 Å². The second-order valence-electron chi connectivity index (χ2n) is 5.97. The van der Waals surface area contributed by atoms with Crippen molar-refractivity contribution in [2.24, 2.45) is 0 Å². The molecule has 0 atom stereocenters. The van der Waals surface area contributed by atoms with Gasteiger partial charge < -0.3 is 13.7 Å². The Morgan fingerprint density at radius 3 is 2.75 bits per heavy atom. The van der Waals surface area contributed by atoms with E-state index in [1.165, 1.54) is 0 Å². The zero-order valence-corrected chi connectivity index (χ0v) is 13.2. The molecule has 0 saturated carbocycles. The highest BCUT2D eigenvalue weighted by atomic mass is 16.3. The van der Waals surface area contributed by atoms with Gasteiger partial charge >= 0.3 is 0 Å². The number of likely N-dealkylation sites (tertiary alicyclic amines) is 1. The fraction of sp³-hybridized carbons (Fsp3) is 0.263. The number of piperidine rings is 1.